The van der Waals surface area contributed by atoms with Crippen LogP contribution < -0.4 is 0 Å². The highest BCUT2D eigenvalue weighted by Crippen LogP contribution is 2.43. The van der Waals surface area contributed by atoms with Gasteiger partial charge in [0.05, 0.1) is 17.9 Å². The van der Waals surface area contributed by atoms with E-state index in [4.69, 9.17) is 4.52 Å². The van der Waals surface area contributed by atoms with Crippen molar-refractivity contribution in [1.29, 1.82) is 0 Å². The number of nitrogens with zero attached hydrogens (tertiary/aromatic N) is 2. The molecule has 2 heterocycles. The lowest BCUT2D eigenvalue weighted by atomic mass is 10.0. The van der Waals surface area contributed by atoms with Crippen LogP contribution in [0.25, 0.3) is 0 Å². The van der Waals surface area contributed by atoms with Crippen LogP contribution in [0.4, 0.5) is 13.2 Å². The fourth-order valence-electron chi connectivity index (χ4n) is 3.61. The summed E-state index contributed by atoms with van der Waals surface area (Å²) in [5.41, 5.74) is 0.888. The Morgan fingerprint density at radius 3 is 2.80 bits per heavy atom. The summed E-state index contributed by atoms with van der Waals surface area (Å²) in [7, 11) is 0. The summed E-state index contributed by atoms with van der Waals surface area (Å²) < 4.78 is 44.3. The third kappa shape index (κ3) is 3.43. The number of hydrogen-bond donors (Lipinski definition) is 1. The Kier molecular flexibility index (Phi) is 4.08. The highest BCUT2D eigenvalue weighted by molar-refractivity contribution is 5.29. The molecule has 1 aliphatic carbocycles. The van der Waals surface area contributed by atoms with Gasteiger partial charge in [0.2, 0.25) is 0 Å². The van der Waals surface area contributed by atoms with Gasteiger partial charge in [-0.2, -0.15) is 13.2 Å². The predicted octanol–water partition coefficient (Wildman–Crippen LogP) is 3.88. The highest BCUT2D eigenvalue weighted by Gasteiger charge is 2.37. The highest BCUT2D eigenvalue weighted by atomic mass is 19.4. The summed E-state index contributed by atoms with van der Waals surface area (Å²) in [4.78, 5) is 2.01. The van der Waals surface area contributed by atoms with Gasteiger partial charge in [0.25, 0.3) is 0 Å². The number of benzene rings is 1. The van der Waals surface area contributed by atoms with Crippen molar-refractivity contribution in [2.24, 2.45) is 0 Å². The monoisotopic (exact) mass is 352 g/mol. The van der Waals surface area contributed by atoms with E-state index in [2.05, 4.69) is 5.16 Å². The summed E-state index contributed by atoms with van der Waals surface area (Å²) in [6, 6.07) is 5.13. The maximum Gasteiger partial charge on any atom is 0.416 e. The first-order valence-electron chi connectivity index (χ1n) is 8.44. The van der Waals surface area contributed by atoms with E-state index in [0.29, 0.717) is 31.0 Å². The fourth-order valence-corrected chi connectivity index (χ4v) is 3.61. The Morgan fingerprint density at radius 1 is 1.28 bits per heavy atom. The van der Waals surface area contributed by atoms with E-state index in [-0.39, 0.29) is 6.04 Å². The van der Waals surface area contributed by atoms with Crippen LogP contribution in [-0.2, 0) is 12.7 Å². The maximum absolute atomic E-state index is 13.0. The SMILES string of the molecule is O[C@@H]1C[C@@H](c2cccc(C(F)(F)F)c2)N(Cc2cnoc2C2CC2)C1. The molecule has 4 rings (SSSR count). The quantitative estimate of drug-likeness (QED) is 0.907. The molecule has 0 bridgehead atoms. The molecule has 1 aromatic heterocycles. The summed E-state index contributed by atoms with van der Waals surface area (Å²) in [5, 5.41) is 14.0. The second-order valence-electron chi connectivity index (χ2n) is 6.95. The molecule has 2 atom stereocenters. The zero-order valence-electron chi connectivity index (χ0n) is 13.5. The van der Waals surface area contributed by atoms with Gasteiger partial charge in [-0.3, -0.25) is 4.90 Å². The van der Waals surface area contributed by atoms with Crippen molar-refractivity contribution in [1.82, 2.24) is 10.1 Å². The summed E-state index contributed by atoms with van der Waals surface area (Å²) in [5.74, 6) is 1.29. The lowest BCUT2D eigenvalue weighted by molar-refractivity contribution is -0.137. The Bertz CT molecular complexity index is 755. The van der Waals surface area contributed by atoms with Gasteiger partial charge in [-0.1, -0.05) is 17.3 Å². The molecule has 0 amide bonds. The molecule has 134 valence electrons. The van der Waals surface area contributed by atoms with Gasteiger partial charge in [-0.05, 0) is 37.0 Å². The van der Waals surface area contributed by atoms with Gasteiger partial charge in [0.1, 0.15) is 5.76 Å². The average molecular weight is 352 g/mol. The average Bonchev–Trinajstić information content (AvgIpc) is 3.19. The van der Waals surface area contributed by atoms with Gasteiger partial charge in [0.15, 0.2) is 0 Å². The lowest BCUT2D eigenvalue weighted by Gasteiger charge is -2.24. The number of hydrogen-bond acceptors (Lipinski definition) is 4. The van der Waals surface area contributed by atoms with Gasteiger partial charge in [0, 0.05) is 30.6 Å². The zero-order valence-corrected chi connectivity index (χ0v) is 13.5. The normalized spacial score (nSPS) is 24.8. The minimum atomic E-state index is -4.37. The number of aliphatic hydroxyl groups excluding tert-OH is 1. The number of β-amino-alcohol motifs (C(OH)–C–C–N with tert-alkyl or cyclic N) is 1. The van der Waals surface area contributed by atoms with Crippen LogP contribution in [0, 0.1) is 0 Å². The van der Waals surface area contributed by atoms with Crippen molar-refractivity contribution < 1.29 is 22.8 Å². The van der Waals surface area contributed by atoms with Crippen LogP contribution in [-0.4, -0.2) is 27.8 Å². The van der Waals surface area contributed by atoms with Gasteiger partial charge in [-0.15, -0.1) is 0 Å². The van der Waals surface area contributed by atoms with Crippen LogP contribution in [0.5, 0.6) is 0 Å². The van der Waals surface area contributed by atoms with Crippen molar-refractivity contribution in [2.75, 3.05) is 6.54 Å². The Balaban J connectivity index is 1.58. The maximum atomic E-state index is 13.0. The molecule has 0 spiro atoms. The van der Waals surface area contributed by atoms with Crippen LogP contribution in [0.2, 0.25) is 0 Å². The Labute approximate surface area is 143 Å². The van der Waals surface area contributed by atoms with Crippen molar-refractivity contribution in [3.05, 3.63) is 52.9 Å². The molecule has 1 aliphatic heterocycles. The van der Waals surface area contributed by atoms with Crippen molar-refractivity contribution in [2.45, 2.75) is 50.0 Å². The van der Waals surface area contributed by atoms with Crippen LogP contribution >= 0.6 is 0 Å². The molecule has 0 radical (unpaired) electrons. The van der Waals surface area contributed by atoms with Gasteiger partial charge in [-0.25, -0.2) is 0 Å². The molecule has 2 aliphatic rings. The summed E-state index contributed by atoms with van der Waals surface area (Å²) in [6.45, 7) is 0.948. The molecule has 2 fully saturated rings. The molecule has 1 N–H and O–H groups in total. The second kappa shape index (κ2) is 6.14. The largest absolute Gasteiger partial charge is 0.416 e. The number of rotatable bonds is 4. The van der Waals surface area contributed by atoms with Gasteiger partial charge < -0.3 is 9.63 Å². The fraction of sp³-hybridized carbons (Fsp3) is 0.500. The first-order chi connectivity index (χ1) is 11.9. The van der Waals surface area contributed by atoms with E-state index in [1.165, 1.54) is 12.1 Å². The van der Waals surface area contributed by atoms with Crippen molar-refractivity contribution in [3.63, 3.8) is 0 Å². The number of aliphatic hydroxyl groups is 1. The molecule has 1 saturated heterocycles. The molecule has 1 saturated carbocycles. The zero-order chi connectivity index (χ0) is 17.6. The number of aromatic nitrogens is 1. The standard InChI is InChI=1S/C18H19F3N2O2/c19-18(20,21)14-3-1-2-12(6-14)16-7-15(24)10-23(16)9-13-8-22-25-17(13)11-4-5-11/h1-3,6,8,11,15-16,24H,4-5,7,9-10H2/t15-,16+/m1/s1. The summed E-state index contributed by atoms with van der Waals surface area (Å²) in [6.07, 6.45) is -0.647. The molecule has 25 heavy (non-hydrogen) atoms. The molecule has 1 aromatic carbocycles. The Morgan fingerprint density at radius 2 is 2.08 bits per heavy atom. The number of halogens is 3. The molecular weight excluding hydrogens is 333 g/mol. The van der Waals surface area contributed by atoms with Crippen molar-refractivity contribution >= 4 is 0 Å². The summed E-state index contributed by atoms with van der Waals surface area (Å²) >= 11 is 0. The predicted molar refractivity (Wildman–Crippen MR) is 83.7 cm³/mol. The van der Waals surface area contributed by atoms with Crippen LogP contribution in [0.15, 0.2) is 35.0 Å². The molecule has 0 unspecified atom stereocenters. The smallest absolute Gasteiger partial charge is 0.392 e. The van der Waals surface area contributed by atoms with E-state index in [9.17, 15) is 18.3 Å². The first-order valence-corrected chi connectivity index (χ1v) is 8.44. The second-order valence-corrected chi connectivity index (χ2v) is 6.95. The molecule has 4 nitrogen and oxygen atoms in total. The van der Waals surface area contributed by atoms with Gasteiger partial charge >= 0.3 is 6.18 Å². The minimum Gasteiger partial charge on any atom is -0.392 e. The lowest BCUT2D eigenvalue weighted by Crippen LogP contribution is -2.24. The van der Waals surface area contributed by atoms with E-state index in [0.717, 1.165) is 30.2 Å². The third-order valence-electron chi connectivity index (χ3n) is 4.98. The van der Waals surface area contributed by atoms with E-state index in [1.807, 2.05) is 4.90 Å². The molecular formula is C18H19F3N2O2. The van der Waals surface area contributed by atoms with E-state index >= 15 is 0 Å². The molecule has 2 aromatic rings. The first kappa shape index (κ1) is 16.6. The minimum absolute atomic E-state index is 0.251. The third-order valence-corrected chi connectivity index (χ3v) is 4.98. The van der Waals surface area contributed by atoms with Crippen molar-refractivity contribution in [3.8, 4) is 0 Å². The number of likely N-dealkylation sites (tertiary alicyclic amines) is 1. The van der Waals surface area contributed by atoms with Crippen LogP contribution in [0.3, 0.4) is 0 Å². The topological polar surface area (TPSA) is 49.5 Å². The Hall–Kier alpha value is -1.86. The van der Waals surface area contributed by atoms with E-state index < -0.39 is 17.8 Å². The molecule has 7 heteroatoms. The van der Waals surface area contributed by atoms with Crippen LogP contribution in [0.1, 0.15) is 53.7 Å². The number of alkyl halides is 3. The van der Waals surface area contributed by atoms with E-state index in [1.54, 1.807) is 12.3 Å².